The number of fused-ring (bicyclic) bond motifs is 1. The summed E-state index contributed by atoms with van der Waals surface area (Å²) in [7, 11) is 1.38. The summed E-state index contributed by atoms with van der Waals surface area (Å²) in [4.78, 5) is 16.0. The first-order valence-corrected chi connectivity index (χ1v) is 9.51. The minimum absolute atomic E-state index is 0.109. The average molecular weight is 434 g/mol. The molecular weight excluding hydrogens is 416 g/mol. The van der Waals surface area contributed by atoms with Gasteiger partial charge in [-0.1, -0.05) is 0 Å². The van der Waals surface area contributed by atoms with Gasteiger partial charge in [-0.2, -0.15) is 18.3 Å². The number of hydrogen-bond acceptors (Lipinski definition) is 4. The molecule has 1 N–H and O–H groups in total. The number of amides is 1. The number of pyridine rings is 1. The van der Waals surface area contributed by atoms with E-state index in [1.807, 2.05) is 0 Å². The van der Waals surface area contributed by atoms with Crippen LogP contribution in [-0.2, 0) is 12.7 Å². The summed E-state index contributed by atoms with van der Waals surface area (Å²) in [6.45, 7) is 0.576. The molecule has 1 aromatic carbocycles. The van der Waals surface area contributed by atoms with E-state index in [4.69, 9.17) is 4.74 Å². The lowest BCUT2D eigenvalue weighted by Crippen LogP contribution is -2.32. The van der Waals surface area contributed by atoms with Gasteiger partial charge >= 0.3 is 6.18 Å². The topological polar surface area (TPSA) is 69.0 Å². The van der Waals surface area contributed by atoms with Crippen LogP contribution in [0.4, 0.5) is 17.6 Å². The first-order valence-electron chi connectivity index (χ1n) is 9.51. The third kappa shape index (κ3) is 4.37. The lowest BCUT2D eigenvalue weighted by Gasteiger charge is -2.24. The van der Waals surface area contributed by atoms with Gasteiger partial charge in [0.1, 0.15) is 17.3 Å². The van der Waals surface area contributed by atoms with Crippen LogP contribution in [0, 0.1) is 5.82 Å². The SMILES string of the molecule is COc1cc(F)cc(C(=O)NC2CCCn3nc(-c4ccnc(C(F)(F)F)c4)cc32)c1. The van der Waals surface area contributed by atoms with Gasteiger partial charge in [0, 0.05) is 29.9 Å². The molecule has 3 aromatic rings. The summed E-state index contributed by atoms with van der Waals surface area (Å²) >= 11 is 0. The van der Waals surface area contributed by atoms with Crippen molar-refractivity contribution < 1.29 is 27.1 Å². The Morgan fingerprint density at radius 1 is 1.23 bits per heavy atom. The van der Waals surface area contributed by atoms with E-state index < -0.39 is 29.6 Å². The molecule has 0 spiro atoms. The van der Waals surface area contributed by atoms with Crippen molar-refractivity contribution in [2.75, 3.05) is 7.11 Å². The number of halogens is 4. The van der Waals surface area contributed by atoms with Gasteiger partial charge in [0.25, 0.3) is 5.91 Å². The Bertz CT molecular complexity index is 1130. The molecule has 4 rings (SSSR count). The molecule has 1 amide bonds. The lowest BCUT2D eigenvalue weighted by molar-refractivity contribution is -0.141. The number of aryl methyl sites for hydroxylation is 1. The van der Waals surface area contributed by atoms with Crippen LogP contribution in [0.3, 0.4) is 0 Å². The smallest absolute Gasteiger partial charge is 0.433 e. The third-order valence-corrected chi connectivity index (χ3v) is 5.05. The fourth-order valence-electron chi connectivity index (χ4n) is 3.57. The maximum absolute atomic E-state index is 13.7. The summed E-state index contributed by atoms with van der Waals surface area (Å²) in [5.41, 5.74) is 0.419. The normalized spacial score (nSPS) is 16.0. The first-order chi connectivity index (χ1) is 14.7. The molecule has 3 heterocycles. The van der Waals surface area contributed by atoms with Gasteiger partial charge in [0.15, 0.2) is 0 Å². The van der Waals surface area contributed by atoms with Crippen LogP contribution in [-0.4, -0.2) is 27.8 Å². The van der Waals surface area contributed by atoms with Crippen LogP contribution in [0.15, 0.2) is 42.6 Å². The molecule has 1 atom stereocenters. The van der Waals surface area contributed by atoms with Crippen LogP contribution >= 0.6 is 0 Å². The Morgan fingerprint density at radius 2 is 2.03 bits per heavy atom. The second-order valence-corrected chi connectivity index (χ2v) is 7.15. The number of carbonyl (C=O) groups excluding carboxylic acids is 1. The number of carbonyl (C=O) groups is 1. The van der Waals surface area contributed by atoms with Crippen molar-refractivity contribution in [3.8, 4) is 17.0 Å². The highest BCUT2D eigenvalue weighted by molar-refractivity contribution is 5.94. The van der Waals surface area contributed by atoms with Gasteiger partial charge in [-0.05, 0) is 43.2 Å². The quantitative estimate of drug-likeness (QED) is 0.619. The minimum atomic E-state index is -4.56. The van der Waals surface area contributed by atoms with E-state index in [2.05, 4.69) is 15.4 Å². The summed E-state index contributed by atoms with van der Waals surface area (Å²) in [5, 5.41) is 7.26. The molecule has 0 saturated carbocycles. The molecular formula is C21H18F4N4O2. The molecule has 0 radical (unpaired) electrons. The summed E-state index contributed by atoms with van der Waals surface area (Å²) in [5.74, 6) is -0.861. The number of hydrogen-bond donors (Lipinski definition) is 1. The van der Waals surface area contributed by atoms with Crippen LogP contribution < -0.4 is 10.1 Å². The van der Waals surface area contributed by atoms with Crippen LogP contribution in [0.1, 0.15) is 40.6 Å². The van der Waals surface area contributed by atoms with Crippen molar-refractivity contribution >= 4 is 5.91 Å². The lowest BCUT2D eigenvalue weighted by atomic mass is 10.0. The summed E-state index contributed by atoms with van der Waals surface area (Å²) < 4.78 is 59.4. The molecule has 0 fully saturated rings. The van der Waals surface area contributed by atoms with Crippen molar-refractivity contribution in [1.82, 2.24) is 20.1 Å². The van der Waals surface area contributed by atoms with Gasteiger partial charge in [-0.15, -0.1) is 0 Å². The van der Waals surface area contributed by atoms with E-state index in [1.165, 1.54) is 25.3 Å². The van der Waals surface area contributed by atoms with E-state index in [0.29, 0.717) is 24.4 Å². The van der Waals surface area contributed by atoms with Crippen LogP contribution in [0.5, 0.6) is 5.75 Å². The van der Waals surface area contributed by atoms with Crippen molar-refractivity contribution in [2.24, 2.45) is 0 Å². The monoisotopic (exact) mass is 434 g/mol. The summed E-state index contributed by atoms with van der Waals surface area (Å²) in [6, 6.07) is 7.35. The number of benzene rings is 1. The van der Waals surface area contributed by atoms with Crippen molar-refractivity contribution in [3.05, 3.63) is 65.4 Å². The van der Waals surface area contributed by atoms with Gasteiger partial charge in [0.2, 0.25) is 0 Å². The first kappa shape index (κ1) is 20.8. The standard InChI is InChI=1S/C21H18F4N4O2/c1-31-15-8-13(7-14(22)10-15)20(30)27-16-3-2-6-29-18(16)11-17(28-29)12-4-5-26-19(9-12)21(23,24)25/h4-5,7-11,16H,2-3,6H2,1H3,(H,27,30). The number of nitrogens with zero attached hydrogens (tertiary/aromatic N) is 3. The highest BCUT2D eigenvalue weighted by Gasteiger charge is 2.33. The Kier molecular flexibility index (Phi) is 5.38. The van der Waals surface area contributed by atoms with Gasteiger partial charge < -0.3 is 10.1 Å². The fourth-order valence-corrected chi connectivity index (χ4v) is 3.57. The van der Waals surface area contributed by atoms with Crippen molar-refractivity contribution in [2.45, 2.75) is 31.6 Å². The molecule has 1 aliphatic heterocycles. The molecule has 162 valence electrons. The Labute approximate surface area is 174 Å². The fraction of sp³-hybridized carbons (Fsp3) is 0.286. The van der Waals surface area contributed by atoms with E-state index in [1.54, 1.807) is 10.7 Å². The number of methoxy groups -OCH3 is 1. The average Bonchev–Trinajstić information content (AvgIpc) is 3.18. The molecule has 0 saturated heterocycles. The molecule has 1 unspecified atom stereocenters. The van der Waals surface area contributed by atoms with Crippen molar-refractivity contribution in [3.63, 3.8) is 0 Å². The van der Waals surface area contributed by atoms with E-state index in [9.17, 15) is 22.4 Å². The van der Waals surface area contributed by atoms with Gasteiger partial charge in [-0.25, -0.2) is 4.39 Å². The molecule has 2 aromatic heterocycles. The summed E-state index contributed by atoms with van der Waals surface area (Å²) in [6.07, 6.45) is -2.13. The largest absolute Gasteiger partial charge is 0.497 e. The Balaban J connectivity index is 1.60. The zero-order valence-electron chi connectivity index (χ0n) is 16.4. The maximum atomic E-state index is 13.7. The number of rotatable bonds is 4. The maximum Gasteiger partial charge on any atom is 0.433 e. The molecule has 0 bridgehead atoms. The van der Waals surface area contributed by atoms with Crippen molar-refractivity contribution in [1.29, 1.82) is 0 Å². The molecule has 31 heavy (non-hydrogen) atoms. The van der Waals surface area contributed by atoms with Gasteiger partial charge in [-0.3, -0.25) is 14.5 Å². The number of nitrogens with one attached hydrogen (secondary N) is 1. The third-order valence-electron chi connectivity index (χ3n) is 5.05. The Hall–Kier alpha value is -3.43. The minimum Gasteiger partial charge on any atom is -0.497 e. The zero-order valence-corrected chi connectivity index (χ0v) is 16.4. The predicted octanol–water partition coefficient (Wildman–Crippen LogP) is 4.38. The molecule has 1 aliphatic rings. The van der Waals surface area contributed by atoms with E-state index >= 15 is 0 Å². The highest BCUT2D eigenvalue weighted by Crippen LogP contribution is 2.33. The number of ether oxygens (including phenoxy) is 1. The predicted molar refractivity (Wildman–Crippen MR) is 103 cm³/mol. The zero-order chi connectivity index (χ0) is 22.2. The Morgan fingerprint density at radius 3 is 2.77 bits per heavy atom. The molecule has 6 nitrogen and oxygen atoms in total. The number of aromatic nitrogens is 3. The van der Waals surface area contributed by atoms with Crippen LogP contribution in [0.2, 0.25) is 0 Å². The molecule has 10 heteroatoms. The van der Waals surface area contributed by atoms with E-state index in [-0.39, 0.29) is 16.9 Å². The molecule has 0 aliphatic carbocycles. The van der Waals surface area contributed by atoms with E-state index in [0.717, 1.165) is 24.8 Å². The second kappa shape index (κ2) is 8.01. The van der Waals surface area contributed by atoms with Crippen LogP contribution in [0.25, 0.3) is 11.3 Å². The highest BCUT2D eigenvalue weighted by atomic mass is 19.4. The van der Waals surface area contributed by atoms with Gasteiger partial charge in [0.05, 0.1) is 24.5 Å². The second-order valence-electron chi connectivity index (χ2n) is 7.15. The number of alkyl halides is 3.